The van der Waals surface area contributed by atoms with Gasteiger partial charge in [-0.1, -0.05) is 6.04 Å². The molecule has 0 aliphatic heterocycles. The molecule has 0 saturated carbocycles. The van der Waals surface area contributed by atoms with Gasteiger partial charge < -0.3 is 4.74 Å². The van der Waals surface area contributed by atoms with Crippen molar-refractivity contribution in [3.63, 3.8) is 0 Å². The van der Waals surface area contributed by atoms with Gasteiger partial charge in [0.15, 0.2) is 0 Å². The van der Waals surface area contributed by atoms with Gasteiger partial charge in [-0.3, -0.25) is 0 Å². The molecule has 13 heavy (non-hydrogen) atoms. The molecule has 3 radical (unpaired) electrons. The predicted molar refractivity (Wildman–Crippen MR) is 67.5 cm³/mol. The standard InChI is InChI=1S/C9H9BrIOSi/c10-8-3-2-7(11)6-9(8)12-4-1-5-13/h2-3,6H,1,4-5H2. The van der Waals surface area contributed by atoms with Gasteiger partial charge in [-0.05, 0) is 63.1 Å². The fraction of sp³-hybridized carbons (Fsp3) is 0.333. The molecule has 1 aromatic rings. The third kappa shape index (κ3) is 3.99. The van der Waals surface area contributed by atoms with Crippen LogP contribution in [0.5, 0.6) is 5.75 Å². The molecule has 0 aliphatic carbocycles. The molecular formula is C9H9BrIOSi. The van der Waals surface area contributed by atoms with Gasteiger partial charge >= 0.3 is 0 Å². The van der Waals surface area contributed by atoms with E-state index in [-0.39, 0.29) is 0 Å². The van der Waals surface area contributed by atoms with E-state index in [0.29, 0.717) is 0 Å². The molecule has 0 fully saturated rings. The summed E-state index contributed by atoms with van der Waals surface area (Å²) >= 11 is 5.71. The molecule has 0 amide bonds. The topological polar surface area (TPSA) is 9.23 Å². The fourth-order valence-electron chi connectivity index (χ4n) is 0.842. The minimum Gasteiger partial charge on any atom is -0.492 e. The van der Waals surface area contributed by atoms with E-state index < -0.39 is 0 Å². The largest absolute Gasteiger partial charge is 0.492 e. The van der Waals surface area contributed by atoms with Crippen molar-refractivity contribution < 1.29 is 4.74 Å². The number of hydrogen-bond donors (Lipinski definition) is 0. The molecule has 0 spiro atoms. The first kappa shape index (κ1) is 11.5. The highest BCUT2D eigenvalue weighted by Gasteiger charge is 2.00. The maximum Gasteiger partial charge on any atom is 0.134 e. The first-order valence-corrected chi connectivity index (χ1v) is 6.54. The molecule has 1 aromatic carbocycles. The van der Waals surface area contributed by atoms with Gasteiger partial charge in [0.2, 0.25) is 0 Å². The zero-order valence-corrected chi connectivity index (χ0v) is 11.8. The van der Waals surface area contributed by atoms with Gasteiger partial charge in [0.1, 0.15) is 5.75 Å². The zero-order valence-electron chi connectivity index (χ0n) is 7.02. The molecule has 0 N–H and O–H groups in total. The number of ether oxygens (including phenoxy) is 1. The van der Waals surface area contributed by atoms with Crippen LogP contribution in [0.1, 0.15) is 6.42 Å². The van der Waals surface area contributed by atoms with Crippen LogP contribution in [-0.2, 0) is 0 Å². The van der Waals surface area contributed by atoms with Crippen LogP contribution in [0, 0.1) is 3.57 Å². The summed E-state index contributed by atoms with van der Waals surface area (Å²) in [5.74, 6) is 0.923. The summed E-state index contributed by atoms with van der Waals surface area (Å²) in [6, 6.07) is 7.05. The van der Waals surface area contributed by atoms with Crippen molar-refractivity contribution in [1.82, 2.24) is 0 Å². The lowest BCUT2D eigenvalue weighted by Crippen LogP contribution is -1.97. The lowest BCUT2D eigenvalue weighted by atomic mass is 10.3. The molecule has 0 bridgehead atoms. The minimum absolute atomic E-state index is 0.752. The smallest absolute Gasteiger partial charge is 0.134 e. The van der Waals surface area contributed by atoms with Crippen LogP contribution in [-0.4, -0.2) is 16.8 Å². The van der Waals surface area contributed by atoms with Crippen molar-refractivity contribution in [2.24, 2.45) is 0 Å². The Morgan fingerprint density at radius 2 is 2.23 bits per heavy atom. The average molecular weight is 368 g/mol. The number of hydrogen-bond acceptors (Lipinski definition) is 1. The van der Waals surface area contributed by atoms with Gasteiger partial charge in [-0.2, -0.15) is 0 Å². The summed E-state index contributed by atoms with van der Waals surface area (Å²) in [6.45, 7) is 0.752. The summed E-state index contributed by atoms with van der Waals surface area (Å²) in [5, 5.41) is 0. The van der Waals surface area contributed by atoms with Gasteiger partial charge in [-0.25, -0.2) is 0 Å². The van der Waals surface area contributed by atoms with Crippen LogP contribution in [0.4, 0.5) is 0 Å². The van der Waals surface area contributed by atoms with Gasteiger partial charge in [0.05, 0.1) is 11.1 Å². The first-order chi connectivity index (χ1) is 6.24. The van der Waals surface area contributed by atoms with Crippen molar-refractivity contribution in [2.45, 2.75) is 12.5 Å². The molecule has 4 heteroatoms. The lowest BCUT2D eigenvalue weighted by molar-refractivity contribution is 0.315. The molecule has 0 aromatic heterocycles. The third-order valence-electron chi connectivity index (χ3n) is 1.47. The number of rotatable bonds is 4. The predicted octanol–water partition coefficient (Wildman–Crippen LogP) is 3.41. The van der Waals surface area contributed by atoms with E-state index in [4.69, 9.17) is 4.74 Å². The second-order valence-corrected chi connectivity index (χ2v) is 5.13. The van der Waals surface area contributed by atoms with E-state index in [2.05, 4.69) is 48.8 Å². The van der Waals surface area contributed by atoms with Crippen LogP contribution in [0.3, 0.4) is 0 Å². The highest BCUT2D eigenvalue weighted by atomic mass is 127. The highest BCUT2D eigenvalue weighted by molar-refractivity contribution is 14.1. The zero-order chi connectivity index (χ0) is 9.68. The lowest BCUT2D eigenvalue weighted by Gasteiger charge is -2.07. The Labute approximate surface area is 104 Å². The van der Waals surface area contributed by atoms with Gasteiger partial charge in [0, 0.05) is 13.8 Å². The summed E-state index contributed by atoms with van der Waals surface area (Å²) in [4.78, 5) is 0. The van der Waals surface area contributed by atoms with Crippen molar-refractivity contribution in [2.75, 3.05) is 6.61 Å². The Morgan fingerprint density at radius 1 is 1.46 bits per heavy atom. The maximum atomic E-state index is 5.58. The molecule has 0 aliphatic rings. The quantitative estimate of drug-likeness (QED) is 0.450. The van der Waals surface area contributed by atoms with E-state index in [1.165, 1.54) is 3.57 Å². The minimum atomic E-state index is 0.752. The second-order valence-electron chi connectivity index (χ2n) is 2.53. The van der Waals surface area contributed by atoms with Crippen molar-refractivity contribution in [3.8, 4) is 5.75 Å². The van der Waals surface area contributed by atoms with E-state index in [1.807, 2.05) is 18.2 Å². The summed E-state index contributed by atoms with van der Waals surface area (Å²) in [6.07, 6.45) is 1.02. The molecule has 1 rings (SSSR count). The Balaban J connectivity index is 2.59. The SMILES string of the molecule is [Si]CCCOc1cc(I)ccc1Br. The van der Waals surface area contributed by atoms with E-state index >= 15 is 0 Å². The third-order valence-corrected chi connectivity index (χ3v) is 3.15. The Bertz CT molecular complexity index is 280. The maximum absolute atomic E-state index is 5.58. The van der Waals surface area contributed by atoms with Crippen LogP contribution in [0.25, 0.3) is 0 Å². The normalized spacial score (nSPS) is 10.1. The molecule has 0 heterocycles. The van der Waals surface area contributed by atoms with Crippen molar-refractivity contribution in [3.05, 3.63) is 26.2 Å². The number of halogens is 2. The molecule has 0 atom stereocenters. The van der Waals surface area contributed by atoms with Crippen molar-refractivity contribution >= 4 is 48.8 Å². The summed E-state index contributed by atoms with van der Waals surface area (Å²) < 4.78 is 7.78. The average Bonchev–Trinajstić information content (AvgIpc) is 2.11. The van der Waals surface area contributed by atoms with Gasteiger partial charge in [0.25, 0.3) is 0 Å². The monoisotopic (exact) mass is 367 g/mol. The van der Waals surface area contributed by atoms with Crippen LogP contribution >= 0.6 is 38.5 Å². The molecule has 69 valence electrons. The van der Waals surface area contributed by atoms with Crippen LogP contribution < -0.4 is 4.74 Å². The Morgan fingerprint density at radius 3 is 2.92 bits per heavy atom. The molecule has 1 nitrogen and oxygen atoms in total. The van der Waals surface area contributed by atoms with E-state index in [0.717, 1.165) is 29.3 Å². The summed E-state index contributed by atoms with van der Waals surface area (Å²) in [5.41, 5.74) is 0. The fourth-order valence-corrected chi connectivity index (χ4v) is 1.81. The Hall–Kier alpha value is 0.447. The summed E-state index contributed by atoms with van der Waals surface area (Å²) in [7, 11) is 3.41. The van der Waals surface area contributed by atoms with Crippen LogP contribution in [0.15, 0.2) is 22.7 Å². The molecule has 0 unspecified atom stereocenters. The Kier molecular flexibility index (Phi) is 5.34. The van der Waals surface area contributed by atoms with E-state index in [9.17, 15) is 0 Å². The van der Waals surface area contributed by atoms with E-state index in [1.54, 1.807) is 0 Å². The van der Waals surface area contributed by atoms with Crippen molar-refractivity contribution in [1.29, 1.82) is 0 Å². The van der Waals surface area contributed by atoms with Gasteiger partial charge in [-0.15, -0.1) is 0 Å². The van der Waals surface area contributed by atoms with Crippen LogP contribution in [0.2, 0.25) is 6.04 Å². The molecule has 0 saturated heterocycles. The first-order valence-electron chi connectivity index (χ1n) is 3.96. The molecular weight excluding hydrogens is 359 g/mol. The highest BCUT2D eigenvalue weighted by Crippen LogP contribution is 2.26. The number of benzene rings is 1. The second kappa shape index (κ2) is 6.03.